The lowest BCUT2D eigenvalue weighted by molar-refractivity contribution is 0.732. The molecule has 0 atom stereocenters. The van der Waals surface area contributed by atoms with Crippen LogP contribution in [0.25, 0.3) is 0 Å². The van der Waals surface area contributed by atoms with Crippen molar-refractivity contribution in [2.45, 2.75) is 13.5 Å². The van der Waals surface area contributed by atoms with Gasteiger partial charge in [0, 0.05) is 24.8 Å². The Morgan fingerprint density at radius 3 is 2.50 bits per heavy atom. The molecule has 0 amide bonds. The summed E-state index contributed by atoms with van der Waals surface area (Å²) in [5.41, 5.74) is 7.69. The van der Waals surface area contributed by atoms with Crippen molar-refractivity contribution in [3.63, 3.8) is 0 Å². The van der Waals surface area contributed by atoms with Crippen LogP contribution in [-0.2, 0) is 13.6 Å². The van der Waals surface area contributed by atoms with Crippen molar-refractivity contribution < 1.29 is 0 Å². The Hall–Kier alpha value is -0.350. The van der Waals surface area contributed by atoms with Gasteiger partial charge in [0.1, 0.15) is 4.60 Å². The Morgan fingerprint density at radius 1 is 1.70 bits per heavy atom. The number of hydrogen-bond acceptors (Lipinski definition) is 2. The Kier molecular flexibility index (Phi) is 2.11. The summed E-state index contributed by atoms with van der Waals surface area (Å²) < 4.78 is 2.67. The smallest absolute Gasteiger partial charge is 0.132 e. The van der Waals surface area contributed by atoms with E-state index in [1.165, 1.54) is 0 Å². The molecule has 1 aromatic heterocycles. The third-order valence-corrected chi connectivity index (χ3v) is 2.25. The molecule has 3 nitrogen and oxygen atoms in total. The van der Waals surface area contributed by atoms with Crippen molar-refractivity contribution in [1.29, 1.82) is 0 Å². The number of rotatable bonds is 1. The second-order valence-corrected chi connectivity index (χ2v) is 2.93. The van der Waals surface area contributed by atoms with Crippen LogP contribution in [0.3, 0.4) is 0 Å². The zero-order valence-corrected chi connectivity index (χ0v) is 7.64. The second kappa shape index (κ2) is 2.72. The molecule has 0 aliphatic carbocycles. The van der Waals surface area contributed by atoms with Gasteiger partial charge in [-0.2, -0.15) is 5.10 Å². The largest absolute Gasteiger partial charge is 0.326 e. The van der Waals surface area contributed by atoms with Gasteiger partial charge in [0.15, 0.2) is 0 Å². The minimum absolute atomic E-state index is 0.542. The van der Waals surface area contributed by atoms with E-state index in [-0.39, 0.29) is 0 Å². The first-order valence-electron chi connectivity index (χ1n) is 3.05. The van der Waals surface area contributed by atoms with Gasteiger partial charge in [-0.1, -0.05) is 0 Å². The Morgan fingerprint density at radius 2 is 2.30 bits per heavy atom. The van der Waals surface area contributed by atoms with Gasteiger partial charge in [0.2, 0.25) is 0 Å². The summed E-state index contributed by atoms with van der Waals surface area (Å²) in [7, 11) is 1.90. The van der Waals surface area contributed by atoms with Gasteiger partial charge in [-0.3, -0.25) is 4.68 Å². The molecule has 4 heteroatoms. The van der Waals surface area contributed by atoms with E-state index in [1.54, 1.807) is 0 Å². The molecule has 0 unspecified atom stereocenters. The average Bonchev–Trinajstić information content (AvgIpc) is 2.09. The fraction of sp³-hybridized carbons (Fsp3) is 0.500. The lowest BCUT2D eigenvalue weighted by Gasteiger charge is -1.94. The molecule has 1 aromatic rings. The highest BCUT2D eigenvalue weighted by atomic mass is 79.9. The van der Waals surface area contributed by atoms with E-state index >= 15 is 0 Å². The Bertz CT molecular complexity index is 241. The van der Waals surface area contributed by atoms with E-state index in [0.717, 1.165) is 15.9 Å². The van der Waals surface area contributed by atoms with Crippen molar-refractivity contribution in [3.8, 4) is 0 Å². The topological polar surface area (TPSA) is 43.8 Å². The fourth-order valence-corrected chi connectivity index (χ4v) is 1.53. The highest BCUT2D eigenvalue weighted by molar-refractivity contribution is 9.10. The summed E-state index contributed by atoms with van der Waals surface area (Å²) in [4.78, 5) is 0. The maximum Gasteiger partial charge on any atom is 0.132 e. The second-order valence-electron chi connectivity index (χ2n) is 2.18. The fourth-order valence-electron chi connectivity index (χ4n) is 0.844. The van der Waals surface area contributed by atoms with Gasteiger partial charge in [0.25, 0.3) is 0 Å². The molecule has 0 bridgehead atoms. The highest BCUT2D eigenvalue weighted by Gasteiger charge is 2.06. The molecule has 10 heavy (non-hydrogen) atoms. The Balaban J connectivity index is 3.20. The highest BCUT2D eigenvalue weighted by Crippen LogP contribution is 2.16. The van der Waals surface area contributed by atoms with E-state index < -0.39 is 0 Å². The molecule has 0 fully saturated rings. The third-order valence-electron chi connectivity index (χ3n) is 1.61. The van der Waals surface area contributed by atoms with Crippen molar-refractivity contribution >= 4 is 15.9 Å². The lowest BCUT2D eigenvalue weighted by atomic mass is 10.3. The van der Waals surface area contributed by atoms with Crippen LogP contribution >= 0.6 is 15.9 Å². The lowest BCUT2D eigenvalue weighted by Crippen LogP contribution is -1.99. The van der Waals surface area contributed by atoms with Gasteiger partial charge in [-0.15, -0.1) is 0 Å². The van der Waals surface area contributed by atoms with Crippen LogP contribution in [0.2, 0.25) is 0 Å². The number of hydrogen-bond donors (Lipinski definition) is 1. The van der Waals surface area contributed by atoms with E-state index in [4.69, 9.17) is 5.73 Å². The quantitative estimate of drug-likeness (QED) is 0.740. The predicted octanol–water partition coefficient (Wildman–Crippen LogP) is 0.950. The van der Waals surface area contributed by atoms with E-state index in [2.05, 4.69) is 21.0 Å². The molecule has 56 valence electrons. The van der Waals surface area contributed by atoms with Crippen LogP contribution in [0.4, 0.5) is 0 Å². The summed E-state index contributed by atoms with van der Waals surface area (Å²) >= 11 is 3.32. The number of halogens is 1. The van der Waals surface area contributed by atoms with E-state index in [1.807, 2.05) is 18.7 Å². The molecule has 0 aliphatic heterocycles. The summed E-state index contributed by atoms with van der Waals surface area (Å²) in [6.07, 6.45) is 0. The number of aromatic nitrogens is 2. The van der Waals surface area contributed by atoms with Crippen LogP contribution in [0, 0.1) is 6.92 Å². The van der Waals surface area contributed by atoms with Gasteiger partial charge in [-0.25, -0.2) is 0 Å². The van der Waals surface area contributed by atoms with E-state index in [0.29, 0.717) is 6.54 Å². The maximum absolute atomic E-state index is 5.48. The monoisotopic (exact) mass is 203 g/mol. The molecule has 0 radical (unpaired) electrons. The van der Waals surface area contributed by atoms with Gasteiger partial charge >= 0.3 is 0 Å². The van der Waals surface area contributed by atoms with Crippen LogP contribution in [0.15, 0.2) is 4.60 Å². The summed E-state index contributed by atoms with van der Waals surface area (Å²) in [6, 6.07) is 0. The Labute approximate surface area is 68.3 Å². The number of aryl methyl sites for hydroxylation is 1. The van der Waals surface area contributed by atoms with Gasteiger partial charge in [0.05, 0.1) is 0 Å². The molecule has 0 saturated carbocycles. The van der Waals surface area contributed by atoms with Crippen LogP contribution in [-0.4, -0.2) is 9.78 Å². The normalized spacial score (nSPS) is 10.4. The minimum Gasteiger partial charge on any atom is -0.326 e. The zero-order chi connectivity index (χ0) is 7.72. The van der Waals surface area contributed by atoms with Crippen molar-refractivity contribution in [1.82, 2.24) is 9.78 Å². The zero-order valence-electron chi connectivity index (χ0n) is 6.06. The number of nitrogens with two attached hydrogens (primary N) is 1. The SMILES string of the molecule is Cc1c(CN)c(Br)nn1C. The first-order chi connectivity index (χ1) is 4.66. The van der Waals surface area contributed by atoms with Crippen molar-refractivity contribution in [2.24, 2.45) is 12.8 Å². The molecular formula is C6H10BrN3. The van der Waals surface area contributed by atoms with Crippen LogP contribution < -0.4 is 5.73 Å². The molecule has 0 saturated heterocycles. The summed E-state index contributed by atoms with van der Waals surface area (Å²) in [5.74, 6) is 0. The summed E-state index contributed by atoms with van der Waals surface area (Å²) in [5, 5.41) is 4.13. The maximum atomic E-state index is 5.48. The first-order valence-corrected chi connectivity index (χ1v) is 3.84. The van der Waals surface area contributed by atoms with E-state index in [9.17, 15) is 0 Å². The minimum atomic E-state index is 0.542. The molecule has 2 N–H and O–H groups in total. The van der Waals surface area contributed by atoms with Crippen molar-refractivity contribution in [2.75, 3.05) is 0 Å². The van der Waals surface area contributed by atoms with Crippen LogP contribution in [0.1, 0.15) is 11.3 Å². The standard InChI is InChI=1S/C6H10BrN3/c1-4-5(3-8)6(7)9-10(4)2/h3,8H2,1-2H3. The average molecular weight is 204 g/mol. The third kappa shape index (κ3) is 1.09. The molecule has 0 aliphatic rings. The molecular weight excluding hydrogens is 194 g/mol. The van der Waals surface area contributed by atoms with Gasteiger partial charge < -0.3 is 5.73 Å². The van der Waals surface area contributed by atoms with Crippen molar-refractivity contribution in [3.05, 3.63) is 15.9 Å². The number of nitrogens with zero attached hydrogens (tertiary/aromatic N) is 2. The molecule has 1 heterocycles. The molecule has 0 aromatic carbocycles. The predicted molar refractivity (Wildman–Crippen MR) is 43.5 cm³/mol. The first kappa shape index (κ1) is 7.75. The summed E-state index contributed by atoms with van der Waals surface area (Å²) in [6.45, 7) is 2.54. The van der Waals surface area contributed by atoms with Crippen LogP contribution in [0.5, 0.6) is 0 Å². The molecule has 1 rings (SSSR count). The van der Waals surface area contributed by atoms with Gasteiger partial charge in [-0.05, 0) is 22.9 Å². The molecule has 0 spiro atoms.